The van der Waals surface area contributed by atoms with E-state index >= 15 is 0 Å². The first-order valence-electron chi connectivity index (χ1n) is 8.04. The van der Waals surface area contributed by atoms with Gasteiger partial charge < -0.3 is 14.2 Å². The number of hydrogen-bond donors (Lipinski definition) is 1. The van der Waals surface area contributed by atoms with Crippen LogP contribution in [-0.2, 0) is 25.6 Å². The third-order valence-electron chi connectivity index (χ3n) is 4.34. The van der Waals surface area contributed by atoms with Crippen molar-refractivity contribution in [1.29, 1.82) is 0 Å². The number of nitrogens with one attached hydrogen (secondary N) is 1. The summed E-state index contributed by atoms with van der Waals surface area (Å²) in [6, 6.07) is 9.36. The summed E-state index contributed by atoms with van der Waals surface area (Å²) in [7, 11) is 1.30. The molecular formula is C18H21NO5. The van der Waals surface area contributed by atoms with Gasteiger partial charge in [0, 0.05) is 6.42 Å². The molecule has 0 bridgehead atoms. The highest BCUT2D eigenvalue weighted by Gasteiger charge is 2.47. The number of carbonyl (C=O) groups is 2. The van der Waals surface area contributed by atoms with E-state index in [1.54, 1.807) is 0 Å². The quantitative estimate of drug-likeness (QED) is 0.678. The van der Waals surface area contributed by atoms with E-state index in [1.807, 2.05) is 30.3 Å². The predicted molar refractivity (Wildman–Crippen MR) is 86.0 cm³/mol. The third kappa shape index (κ3) is 3.94. The number of rotatable bonds is 4. The summed E-state index contributed by atoms with van der Waals surface area (Å²) in [6.45, 7) is 0.695. The molecule has 0 aromatic heterocycles. The first-order chi connectivity index (χ1) is 11.6. The van der Waals surface area contributed by atoms with E-state index in [9.17, 15) is 9.59 Å². The normalized spacial score (nSPS) is 20.2. The smallest absolute Gasteiger partial charge is 0.412 e. The van der Waals surface area contributed by atoms with Crippen molar-refractivity contribution < 1.29 is 23.8 Å². The van der Waals surface area contributed by atoms with Gasteiger partial charge in [-0.3, -0.25) is 5.32 Å². The Bertz CT molecular complexity index is 649. The molecule has 1 N–H and O–H groups in total. The molecule has 1 aromatic rings. The molecule has 6 nitrogen and oxygen atoms in total. The standard InChI is InChI=1S/C18H21NO5/c1-22-16(20)15(14-7-10-24-18(11-14)8-9-18)19-17(21)23-12-13-5-3-2-4-6-13/h2-6H,7-12H2,1H3,(H,19,21). The number of carbonyl (C=O) groups excluding carboxylic acids is 2. The lowest BCUT2D eigenvalue weighted by molar-refractivity contribution is -0.136. The molecule has 1 amide bonds. The van der Waals surface area contributed by atoms with Gasteiger partial charge >= 0.3 is 12.1 Å². The fourth-order valence-corrected chi connectivity index (χ4v) is 2.84. The molecule has 2 fully saturated rings. The molecule has 6 heteroatoms. The van der Waals surface area contributed by atoms with Crippen LogP contribution in [-0.4, -0.2) is 31.4 Å². The van der Waals surface area contributed by atoms with Crippen molar-refractivity contribution in [1.82, 2.24) is 5.32 Å². The van der Waals surface area contributed by atoms with Crippen LogP contribution in [0.3, 0.4) is 0 Å². The van der Waals surface area contributed by atoms with Crippen molar-refractivity contribution in [2.24, 2.45) is 0 Å². The third-order valence-corrected chi connectivity index (χ3v) is 4.34. The lowest BCUT2D eigenvalue weighted by atomic mass is 9.98. The van der Waals surface area contributed by atoms with E-state index in [2.05, 4.69) is 5.32 Å². The molecule has 1 heterocycles. The largest absolute Gasteiger partial charge is 0.464 e. The zero-order valence-electron chi connectivity index (χ0n) is 13.7. The molecule has 2 aliphatic rings. The topological polar surface area (TPSA) is 73.9 Å². The van der Waals surface area contributed by atoms with Gasteiger partial charge in [-0.2, -0.15) is 0 Å². The first-order valence-corrected chi connectivity index (χ1v) is 8.04. The summed E-state index contributed by atoms with van der Waals surface area (Å²) in [5.74, 6) is -0.556. The molecule has 0 atom stereocenters. The van der Waals surface area contributed by atoms with Gasteiger partial charge in [-0.05, 0) is 30.4 Å². The van der Waals surface area contributed by atoms with Crippen LogP contribution >= 0.6 is 0 Å². The van der Waals surface area contributed by atoms with Gasteiger partial charge in [0.1, 0.15) is 12.3 Å². The van der Waals surface area contributed by atoms with Crippen LogP contribution in [0.2, 0.25) is 0 Å². The van der Waals surface area contributed by atoms with Crippen LogP contribution in [0.5, 0.6) is 0 Å². The Morgan fingerprint density at radius 2 is 2.00 bits per heavy atom. The Labute approximate surface area is 140 Å². The van der Waals surface area contributed by atoms with Crippen LogP contribution in [0.25, 0.3) is 0 Å². The summed E-state index contributed by atoms with van der Waals surface area (Å²) < 4.78 is 15.7. The number of benzene rings is 1. The summed E-state index contributed by atoms with van der Waals surface area (Å²) >= 11 is 0. The molecule has 1 aliphatic carbocycles. The lowest BCUT2D eigenvalue weighted by Crippen LogP contribution is -2.33. The summed E-state index contributed by atoms with van der Waals surface area (Å²) in [6.07, 6.45) is 2.57. The number of amides is 1. The molecule has 128 valence electrons. The van der Waals surface area contributed by atoms with E-state index in [0.717, 1.165) is 24.0 Å². The average molecular weight is 331 g/mol. The molecule has 1 saturated carbocycles. The molecule has 1 aliphatic heterocycles. The fourth-order valence-electron chi connectivity index (χ4n) is 2.84. The summed E-state index contributed by atoms with van der Waals surface area (Å²) in [5.41, 5.74) is 1.79. The zero-order valence-corrected chi connectivity index (χ0v) is 13.7. The Kier molecular flexibility index (Phi) is 4.85. The fraction of sp³-hybridized carbons (Fsp3) is 0.444. The minimum atomic E-state index is -0.664. The van der Waals surface area contributed by atoms with E-state index in [0.29, 0.717) is 19.4 Å². The maximum Gasteiger partial charge on any atom is 0.412 e. The summed E-state index contributed by atoms with van der Waals surface area (Å²) in [5, 5.41) is 2.56. The van der Waals surface area contributed by atoms with Crippen LogP contribution in [0.4, 0.5) is 4.79 Å². The number of hydrogen-bond acceptors (Lipinski definition) is 5. The zero-order chi connectivity index (χ0) is 17.0. The maximum absolute atomic E-state index is 12.1. The molecule has 24 heavy (non-hydrogen) atoms. The molecule has 1 spiro atoms. The highest BCUT2D eigenvalue weighted by molar-refractivity contribution is 5.93. The van der Waals surface area contributed by atoms with Gasteiger partial charge in [0.2, 0.25) is 0 Å². The minimum Gasteiger partial charge on any atom is -0.464 e. The van der Waals surface area contributed by atoms with Gasteiger partial charge in [-0.25, -0.2) is 9.59 Å². The first kappa shape index (κ1) is 16.5. The number of methoxy groups -OCH3 is 1. The van der Waals surface area contributed by atoms with Gasteiger partial charge in [-0.1, -0.05) is 30.3 Å². The van der Waals surface area contributed by atoms with Crippen molar-refractivity contribution in [3.8, 4) is 0 Å². The second-order valence-corrected chi connectivity index (χ2v) is 6.12. The van der Waals surface area contributed by atoms with E-state index < -0.39 is 12.1 Å². The van der Waals surface area contributed by atoms with Crippen molar-refractivity contribution in [2.75, 3.05) is 13.7 Å². The van der Waals surface area contributed by atoms with Gasteiger partial charge in [0.25, 0.3) is 0 Å². The van der Waals surface area contributed by atoms with Gasteiger partial charge in [0.15, 0.2) is 0 Å². The number of esters is 1. The lowest BCUT2D eigenvalue weighted by Gasteiger charge is -2.26. The van der Waals surface area contributed by atoms with Crippen molar-refractivity contribution in [3.05, 3.63) is 47.2 Å². The molecule has 0 unspecified atom stereocenters. The average Bonchev–Trinajstić information content (AvgIpc) is 3.36. The molecular weight excluding hydrogens is 310 g/mol. The van der Waals surface area contributed by atoms with E-state index in [-0.39, 0.29) is 17.9 Å². The van der Waals surface area contributed by atoms with Crippen LogP contribution in [0.1, 0.15) is 31.2 Å². The van der Waals surface area contributed by atoms with Crippen molar-refractivity contribution >= 4 is 12.1 Å². The van der Waals surface area contributed by atoms with Crippen molar-refractivity contribution in [3.63, 3.8) is 0 Å². The highest BCUT2D eigenvalue weighted by Crippen LogP contribution is 2.48. The Hall–Kier alpha value is -2.34. The Morgan fingerprint density at radius 3 is 2.67 bits per heavy atom. The van der Waals surface area contributed by atoms with E-state index in [4.69, 9.17) is 14.2 Å². The van der Waals surface area contributed by atoms with E-state index in [1.165, 1.54) is 7.11 Å². The monoisotopic (exact) mass is 331 g/mol. The highest BCUT2D eigenvalue weighted by atomic mass is 16.6. The van der Waals surface area contributed by atoms with Crippen molar-refractivity contribution in [2.45, 2.75) is 37.9 Å². The number of ether oxygens (including phenoxy) is 3. The maximum atomic E-state index is 12.1. The molecule has 1 saturated heterocycles. The second-order valence-electron chi connectivity index (χ2n) is 6.12. The van der Waals surface area contributed by atoms with Gasteiger partial charge in [0.05, 0.1) is 19.3 Å². The molecule has 1 aromatic carbocycles. The summed E-state index contributed by atoms with van der Waals surface area (Å²) in [4.78, 5) is 24.1. The second kappa shape index (κ2) is 7.05. The Balaban J connectivity index is 1.66. The van der Waals surface area contributed by atoms with Gasteiger partial charge in [-0.15, -0.1) is 0 Å². The molecule has 0 radical (unpaired) electrons. The number of alkyl carbamates (subject to hydrolysis) is 1. The Morgan fingerprint density at radius 1 is 1.25 bits per heavy atom. The predicted octanol–water partition coefficient (Wildman–Crippen LogP) is 2.68. The molecule has 3 rings (SSSR count). The SMILES string of the molecule is COC(=O)C(NC(=O)OCc1ccccc1)=C1CCOC2(CC2)C1. The van der Waals surface area contributed by atoms with Crippen LogP contribution in [0, 0.1) is 0 Å². The van der Waals surface area contributed by atoms with Crippen LogP contribution in [0.15, 0.2) is 41.6 Å². The van der Waals surface area contributed by atoms with Crippen LogP contribution < -0.4 is 5.32 Å². The minimum absolute atomic E-state index is 0.136.